The lowest BCUT2D eigenvalue weighted by Crippen LogP contribution is -2.37. The first-order valence-electron chi connectivity index (χ1n) is 8.23. The van der Waals surface area contributed by atoms with Crippen molar-refractivity contribution in [3.8, 4) is 11.5 Å². The van der Waals surface area contributed by atoms with Gasteiger partial charge in [0.1, 0.15) is 6.61 Å². The Bertz CT molecular complexity index is 695. The number of carbonyl (C=O) groups excluding carboxylic acids is 2. The van der Waals surface area contributed by atoms with Crippen LogP contribution in [0.15, 0.2) is 30.4 Å². The number of amides is 2. The fourth-order valence-electron chi connectivity index (χ4n) is 2.52. The van der Waals surface area contributed by atoms with E-state index >= 15 is 0 Å². The molecule has 0 saturated carbocycles. The minimum atomic E-state index is -0.319. The summed E-state index contributed by atoms with van der Waals surface area (Å²) in [6.45, 7) is 3.61. The van der Waals surface area contributed by atoms with Crippen LogP contribution in [0.5, 0.6) is 11.5 Å². The van der Waals surface area contributed by atoms with Crippen molar-refractivity contribution in [2.75, 3.05) is 33.9 Å². The number of hydrogen-bond donors (Lipinski definition) is 1. The van der Waals surface area contributed by atoms with Gasteiger partial charge in [-0.2, -0.15) is 0 Å². The van der Waals surface area contributed by atoms with E-state index in [-0.39, 0.29) is 11.8 Å². The first-order valence-corrected chi connectivity index (χ1v) is 8.23. The number of benzene rings is 1. The minimum absolute atomic E-state index is 0.275. The van der Waals surface area contributed by atoms with E-state index in [2.05, 4.69) is 5.32 Å². The summed E-state index contributed by atoms with van der Waals surface area (Å²) in [6.07, 6.45) is 6.99. The van der Waals surface area contributed by atoms with Crippen molar-refractivity contribution in [1.82, 2.24) is 10.2 Å². The Morgan fingerprint density at radius 1 is 1.40 bits per heavy atom. The van der Waals surface area contributed by atoms with Gasteiger partial charge in [0.05, 0.1) is 7.11 Å². The molecule has 0 radical (unpaired) electrons. The molecule has 25 heavy (non-hydrogen) atoms. The van der Waals surface area contributed by atoms with Gasteiger partial charge in [-0.1, -0.05) is 6.08 Å². The number of likely N-dealkylation sites (N-methyl/N-ethyl adjacent to an activating group) is 1. The summed E-state index contributed by atoms with van der Waals surface area (Å²) < 4.78 is 11.1. The summed E-state index contributed by atoms with van der Waals surface area (Å²) in [5, 5.41) is 3.02. The van der Waals surface area contributed by atoms with Crippen LogP contribution in [-0.4, -0.2) is 50.6 Å². The zero-order valence-corrected chi connectivity index (χ0v) is 14.9. The molecule has 1 heterocycles. The molecular weight excluding hydrogens is 320 g/mol. The number of hydrogen-bond acceptors (Lipinski definition) is 5. The molecule has 134 valence electrons. The van der Waals surface area contributed by atoms with Crippen LogP contribution in [-0.2, 0) is 9.59 Å². The number of methoxy groups -OCH3 is 1. The van der Waals surface area contributed by atoms with E-state index in [1.165, 1.54) is 17.1 Å². The molecular formula is C19H24N2O4. The number of nitrogens with one attached hydrogen (secondary N) is 1. The van der Waals surface area contributed by atoms with Crippen LogP contribution in [0.4, 0.5) is 0 Å². The summed E-state index contributed by atoms with van der Waals surface area (Å²) in [5.41, 5.74) is 1.73. The first kappa shape index (κ1) is 18.7. The molecule has 0 atom stereocenters. The summed E-state index contributed by atoms with van der Waals surface area (Å²) in [7, 11) is 3.44. The zero-order valence-electron chi connectivity index (χ0n) is 14.9. The molecule has 1 aromatic rings. The van der Waals surface area contributed by atoms with Gasteiger partial charge >= 0.3 is 0 Å². The van der Waals surface area contributed by atoms with Gasteiger partial charge in [0.25, 0.3) is 11.8 Å². The standard InChI is InChI=1S/C19H24N2O4/c1-14-12-15(13-16(24-3)19(14)25-11-9-20-2)7-8-18(23)21-10-5-4-6-17(21)22/h4,6-8,12-13,20H,5,9-11H2,1-3H3/b8-7+. The van der Waals surface area contributed by atoms with E-state index in [4.69, 9.17) is 9.47 Å². The van der Waals surface area contributed by atoms with Gasteiger partial charge in [0.2, 0.25) is 0 Å². The number of ether oxygens (including phenoxy) is 2. The van der Waals surface area contributed by atoms with E-state index in [1.54, 1.807) is 19.3 Å². The summed E-state index contributed by atoms with van der Waals surface area (Å²) in [4.78, 5) is 25.1. The highest BCUT2D eigenvalue weighted by Crippen LogP contribution is 2.32. The van der Waals surface area contributed by atoms with Crippen LogP contribution >= 0.6 is 0 Å². The number of imide groups is 1. The Kier molecular flexibility index (Phi) is 6.77. The van der Waals surface area contributed by atoms with Gasteiger partial charge in [0.15, 0.2) is 11.5 Å². The smallest absolute Gasteiger partial charge is 0.253 e. The fraction of sp³-hybridized carbons (Fsp3) is 0.368. The summed E-state index contributed by atoms with van der Waals surface area (Å²) in [6, 6.07) is 3.72. The average Bonchev–Trinajstić information content (AvgIpc) is 2.61. The SMILES string of the molecule is CNCCOc1c(C)cc(/C=C/C(=O)N2CCC=CC2=O)cc1OC. The predicted molar refractivity (Wildman–Crippen MR) is 96.7 cm³/mol. The van der Waals surface area contributed by atoms with Crippen LogP contribution in [0.1, 0.15) is 17.5 Å². The van der Waals surface area contributed by atoms with Crippen LogP contribution < -0.4 is 14.8 Å². The van der Waals surface area contributed by atoms with Crippen LogP contribution in [0.3, 0.4) is 0 Å². The van der Waals surface area contributed by atoms with Crippen LogP contribution in [0, 0.1) is 6.92 Å². The minimum Gasteiger partial charge on any atom is -0.493 e. The fourth-order valence-corrected chi connectivity index (χ4v) is 2.52. The third-order valence-electron chi connectivity index (χ3n) is 3.81. The molecule has 1 aliphatic rings. The van der Waals surface area contributed by atoms with Crippen molar-refractivity contribution < 1.29 is 19.1 Å². The van der Waals surface area contributed by atoms with Crippen LogP contribution in [0.25, 0.3) is 6.08 Å². The van der Waals surface area contributed by atoms with Gasteiger partial charge in [-0.05, 0) is 55.8 Å². The van der Waals surface area contributed by atoms with Gasteiger partial charge < -0.3 is 14.8 Å². The molecule has 0 saturated heterocycles. The number of aryl methyl sites for hydroxylation is 1. The Morgan fingerprint density at radius 3 is 2.88 bits per heavy atom. The highest BCUT2D eigenvalue weighted by atomic mass is 16.5. The molecule has 0 bridgehead atoms. The summed E-state index contributed by atoms with van der Waals surface area (Å²) >= 11 is 0. The maximum absolute atomic E-state index is 12.2. The quantitative estimate of drug-likeness (QED) is 0.605. The molecule has 0 fully saturated rings. The molecule has 0 spiro atoms. The number of carbonyl (C=O) groups is 2. The molecule has 6 nitrogen and oxygen atoms in total. The lowest BCUT2D eigenvalue weighted by Gasteiger charge is -2.19. The first-order chi connectivity index (χ1) is 12.1. The predicted octanol–water partition coefficient (Wildman–Crippen LogP) is 1.93. The molecule has 0 unspecified atom stereocenters. The molecule has 2 rings (SSSR count). The van der Waals surface area contributed by atoms with E-state index in [0.29, 0.717) is 31.1 Å². The Labute approximate surface area is 148 Å². The molecule has 1 aliphatic heterocycles. The maximum Gasteiger partial charge on any atom is 0.253 e. The molecule has 1 N–H and O–H groups in total. The zero-order chi connectivity index (χ0) is 18.2. The lowest BCUT2D eigenvalue weighted by atomic mass is 10.1. The normalized spacial score (nSPS) is 14.2. The van der Waals surface area contributed by atoms with E-state index in [0.717, 1.165) is 17.7 Å². The number of rotatable bonds is 7. The van der Waals surface area contributed by atoms with Gasteiger partial charge in [-0.15, -0.1) is 0 Å². The third-order valence-corrected chi connectivity index (χ3v) is 3.81. The molecule has 1 aromatic carbocycles. The van der Waals surface area contributed by atoms with Crippen molar-refractivity contribution >= 4 is 17.9 Å². The number of nitrogens with zero attached hydrogens (tertiary/aromatic N) is 1. The van der Waals surface area contributed by atoms with E-state index in [1.807, 2.05) is 26.1 Å². The van der Waals surface area contributed by atoms with Crippen molar-refractivity contribution in [3.05, 3.63) is 41.5 Å². The lowest BCUT2D eigenvalue weighted by molar-refractivity contribution is -0.139. The average molecular weight is 344 g/mol. The van der Waals surface area contributed by atoms with Crippen molar-refractivity contribution in [2.24, 2.45) is 0 Å². The Balaban J connectivity index is 2.13. The van der Waals surface area contributed by atoms with Crippen molar-refractivity contribution in [1.29, 1.82) is 0 Å². The second-order valence-electron chi connectivity index (χ2n) is 5.67. The van der Waals surface area contributed by atoms with Crippen LogP contribution in [0.2, 0.25) is 0 Å². The van der Waals surface area contributed by atoms with E-state index < -0.39 is 0 Å². The topological polar surface area (TPSA) is 67.9 Å². The summed E-state index contributed by atoms with van der Waals surface area (Å²) in [5.74, 6) is 0.709. The molecule has 2 amide bonds. The maximum atomic E-state index is 12.2. The second-order valence-corrected chi connectivity index (χ2v) is 5.67. The molecule has 6 heteroatoms. The second kappa shape index (κ2) is 9.03. The highest BCUT2D eigenvalue weighted by Gasteiger charge is 2.19. The van der Waals surface area contributed by atoms with Gasteiger partial charge in [0, 0.05) is 19.2 Å². The van der Waals surface area contributed by atoms with Gasteiger partial charge in [-0.3, -0.25) is 14.5 Å². The largest absolute Gasteiger partial charge is 0.493 e. The van der Waals surface area contributed by atoms with Gasteiger partial charge in [-0.25, -0.2) is 0 Å². The Morgan fingerprint density at radius 2 is 2.20 bits per heavy atom. The van der Waals surface area contributed by atoms with E-state index in [9.17, 15) is 9.59 Å². The third kappa shape index (κ3) is 4.93. The van der Waals surface area contributed by atoms with Crippen molar-refractivity contribution in [2.45, 2.75) is 13.3 Å². The Hall–Kier alpha value is -2.60. The highest BCUT2D eigenvalue weighted by molar-refractivity contribution is 6.06. The monoisotopic (exact) mass is 344 g/mol. The van der Waals surface area contributed by atoms with Crippen molar-refractivity contribution in [3.63, 3.8) is 0 Å². The molecule has 0 aromatic heterocycles. The molecule has 0 aliphatic carbocycles.